The molecule has 0 unspecified atom stereocenters. The number of ether oxygens (including phenoxy) is 2. The Morgan fingerprint density at radius 1 is 1.26 bits per heavy atom. The van der Waals surface area contributed by atoms with Crippen molar-refractivity contribution < 1.29 is 14.3 Å². The van der Waals surface area contributed by atoms with Crippen LogP contribution in [-0.4, -0.2) is 44.9 Å². The quantitative estimate of drug-likeness (QED) is 0.722. The van der Waals surface area contributed by atoms with Crippen LogP contribution in [0.25, 0.3) is 0 Å². The van der Waals surface area contributed by atoms with Gasteiger partial charge in [-0.05, 0) is 38.4 Å². The first-order chi connectivity index (χ1) is 11.3. The van der Waals surface area contributed by atoms with Gasteiger partial charge in [0.05, 0.1) is 12.2 Å². The minimum absolute atomic E-state index is 0.0805. The van der Waals surface area contributed by atoms with Crippen molar-refractivity contribution in [2.75, 3.05) is 32.9 Å². The topological polar surface area (TPSA) is 59.6 Å². The molecule has 5 heteroatoms. The van der Waals surface area contributed by atoms with Crippen LogP contribution >= 0.6 is 0 Å². The van der Waals surface area contributed by atoms with Crippen molar-refractivity contribution >= 4 is 5.91 Å². The SMILES string of the molecule is CCOCCOc1ccccc1C(=O)NC[C@@H]1CCCCCN1. The van der Waals surface area contributed by atoms with Crippen molar-refractivity contribution in [3.63, 3.8) is 0 Å². The Hall–Kier alpha value is -1.59. The van der Waals surface area contributed by atoms with E-state index < -0.39 is 0 Å². The van der Waals surface area contributed by atoms with Crippen molar-refractivity contribution in [2.45, 2.75) is 38.6 Å². The average molecular weight is 320 g/mol. The zero-order valence-electron chi connectivity index (χ0n) is 14.0. The minimum atomic E-state index is -0.0805. The van der Waals surface area contributed by atoms with Gasteiger partial charge in [-0.15, -0.1) is 0 Å². The lowest BCUT2D eigenvalue weighted by atomic mass is 10.1. The summed E-state index contributed by atoms with van der Waals surface area (Å²) < 4.78 is 10.9. The summed E-state index contributed by atoms with van der Waals surface area (Å²) in [6.45, 7) is 5.29. The fraction of sp³-hybridized carbons (Fsp3) is 0.611. The summed E-state index contributed by atoms with van der Waals surface area (Å²) in [7, 11) is 0. The lowest BCUT2D eigenvalue weighted by Crippen LogP contribution is -2.40. The highest BCUT2D eigenvalue weighted by atomic mass is 16.5. The zero-order chi connectivity index (χ0) is 16.3. The van der Waals surface area contributed by atoms with Gasteiger partial charge in [-0.1, -0.05) is 25.0 Å². The second-order valence-electron chi connectivity index (χ2n) is 5.75. The summed E-state index contributed by atoms with van der Waals surface area (Å²) >= 11 is 0. The van der Waals surface area contributed by atoms with Gasteiger partial charge in [-0.2, -0.15) is 0 Å². The van der Waals surface area contributed by atoms with Gasteiger partial charge in [0, 0.05) is 19.2 Å². The summed E-state index contributed by atoms with van der Waals surface area (Å²) in [6.07, 6.45) is 4.84. The van der Waals surface area contributed by atoms with Crippen LogP contribution in [0.3, 0.4) is 0 Å². The number of para-hydroxylation sites is 1. The normalized spacial score (nSPS) is 18.2. The predicted molar refractivity (Wildman–Crippen MR) is 91.0 cm³/mol. The van der Waals surface area contributed by atoms with E-state index in [0.717, 1.165) is 13.0 Å². The monoisotopic (exact) mass is 320 g/mol. The second-order valence-corrected chi connectivity index (χ2v) is 5.75. The lowest BCUT2D eigenvalue weighted by Gasteiger charge is -2.17. The lowest BCUT2D eigenvalue weighted by molar-refractivity contribution is 0.0932. The second kappa shape index (κ2) is 10.2. The van der Waals surface area contributed by atoms with Crippen LogP contribution in [0, 0.1) is 0 Å². The van der Waals surface area contributed by atoms with E-state index in [9.17, 15) is 4.79 Å². The number of amides is 1. The number of hydrogen-bond donors (Lipinski definition) is 2. The maximum absolute atomic E-state index is 12.4. The molecule has 128 valence electrons. The van der Waals surface area contributed by atoms with Crippen LogP contribution in [0.5, 0.6) is 5.75 Å². The van der Waals surface area contributed by atoms with E-state index in [0.29, 0.717) is 43.7 Å². The van der Waals surface area contributed by atoms with Crippen molar-refractivity contribution in [3.05, 3.63) is 29.8 Å². The molecule has 1 atom stereocenters. The highest BCUT2D eigenvalue weighted by Gasteiger charge is 2.15. The Labute approximate surface area is 138 Å². The number of carbonyl (C=O) groups excluding carboxylic acids is 1. The molecule has 1 fully saturated rings. The molecule has 0 bridgehead atoms. The minimum Gasteiger partial charge on any atom is -0.490 e. The molecule has 0 saturated carbocycles. The average Bonchev–Trinajstić information content (AvgIpc) is 2.86. The van der Waals surface area contributed by atoms with Crippen LogP contribution < -0.4 is 15.4 Å². The molecule has 5 nitrogen and oxygen atoms in total. The third-order valence-corrected chi connectivity index (χ3v) is 3.99. The summed E-state index contributed by atoms with van der Waals surface area (Å²) in [5.41, 5.74) is 0.581. The molecule has 1 heterocycles. The largest absolute Gasteiger partial charge is 0.490 e. The molecule has 1 aromatic carbocycles. The van der Waals surface area contributed by atoms with E-state index >= 15 is 0 Å². The first kappa shape index (κ1) is 17.8. The molecule has 1 amide bonds. The molecule has 1 aromatic rings. The standard InChI is InChI=1S/C18H28N2O3/c1-2-22-12-13-23-17-10-6-5-9-16(17)18(21)20-14-15-8-4-3-7-11-19-15/h5-6,9-10,15,19H,2-4,7-8,11-14H2,1H3,(H,20,21)/t15-/m0/s1. The third kappa shape index (κ3) is 6.20. The van der Waals surface area contributed by atoms with Crippen LogP contribution in [0.1, 0.15) is 43.0 Å². The molecule has 2 rings (SSSR count). The van der Waals surface area contributed by atoms with Crippen molar-refractivity contribution in [3.8, 4) is 5.75 Å². The van der Waals surface area contributed by atoms with Gasteiger partial charge in [0.15, 0.2) is 0 Å². The molecular formula is C18H28N2O3. The van der Waals surface area contributed by atoms with Crippen LogP contribution in [0.15, 0.2) is 24.3 Å². The van der Waals surface area contributed by atoms with Gasteiger partial charge < -0.3 is 20.1 Å². The summed E-state index contributed by atoms with van der Waals surface area (Å²) in [5, 5.41) is 6.51. The molecule has 0 spiro atoms. The first-order valence-corrected chi connectivity index (χ1v) is 8.62. The molecule has 1 aliphatic rings. The van der Waals surface area contributed by atoms with E-state index in [1.165, 1.54) is 19.3 Å². The molecule has 0 aromatic heterocycles. The predicted octanol–water partition coefficient (Wildman–Crippen LogP) is 2.36. The van der Waals surface area contributed by atoms with Crippen molar-refractivity contribution in [1.29, 1.82) is 0 Å². The number of rotatable bonds is 8. The van der Waals surface area contributed by atoms with E-state index in [4.69, 9.17) is 9.47 Å². The smallest absolute Gasteiger partial charge is 0.255 e. The Morgan fingerprint density at radius 2 is 2.13 bits per heavy atom. The van der Waals surface area contributed by atoms with E-state index in [1.54, 1.807) is 6.07 Å². The third-order valence-electron chi connectivity index (χ3n) is 3.99. The van der Waals surface area contributed by atoms with Crippen molar-refractivity contribution in [2.24, 2.45) is 0 Å². The van der Waals surface area contributed by atoms with Gasteiger partial charge in [0.1, 0.15) is 12.4 Å². The Morgan fingerprint density at radius 3 is 3.00 bits per heavy atom. The zero-order valence-corrected chi connectivity index (χ0v) is 14.0. The molecule has 0 aliphatic carbocycles. The van der Waals surface area contributed by atoms with E-state index in [1.807, 2.05) is 25.1 Å². The maximum atomic E-state index is 12.4. The van der Waals surface area contributed by atoms with Gasteiger partial charge >= 0.3 is 0 Å². The van der Waals surface area contributed by atoms with Crippen molar-refractivity contribution in [1.82, 2.24) is 10.6 Å². The Kier molecular flexibility index (Phi) is 7.90. The molecule has 23 heavy (non-hydrogen) atoms. The molecule has 0 radical (unpaired) electrons. The molecule has 1 saturated heterocycles. The van der Waals surface area contributed by atoms with Crippen LogP contribution in [0.4, 0.5) is 0 Å². The molecular weight excluding hydrogens is 292 g/mol. The molecule has 1 aliphatic heterocycles. The number of benzene rings is 1. The summed E-state index contributed by atoms with van der Waals surface area (Å²) in [6, 6.07) is 7.72. The number of hydrogen-bond acceptors (Lipinski definition) is 4. The summed E-state index contributed by atoms with van der Waals surface area (Å²) in [4.78, 5) is 12.4. The summed E-state index contributed by atoms with van der Waals surface area (Å²) in [5.74, 6) is 0.529. The van der Waals surface area contributed by atoms with Gasteiger partial charge in [-0.25, -0.2) is 0 Å². The van der Waals surface area contributed by atoms with E-state index in [-0.39, 0.29) is 5.91 Å². The first-order valence-electron chi connectivity index (χ1n) is 8.62. The van der Waals surface area contributed by atoms with Gasteiger partial charge in [0.25, 0.3) is 5.91 Å². The van der Waals surface area contributed by atoms with Crippen LogP contribution in [0.2, 0.25) is 0 Å². The highest BCUT2D eigenvalue weighted by molar-refractivity contribution is 5.96. The fourth-order valence-corrected chi connectivity index (χ4v) is 2.72. The molecule has 2 N–H and O–H groups in total. The highest BCUT2D eigenvalue weighted by Crippen LogP contribution is 2.18. The Balaban J connectivity index is 1.85. The number of nitrogens with one attached hydrogen (secondary N) is 2. The Bertz CT molecular complexity index is 471. The van der Waals surface area contributed by atoms with Gasteiger partial charge in [-0.3, -0.25) is 4.79 Å². The van der Waals surface area contributed by atoms with Crippen LogP contribution in [-0.2, 0) is 4.74 Å². The number of carbonyl (C=O) groups is 1. The van der Waals surface area contributed by atoms with Gasteiger partial charge in [0.2, 0.25) is 0 Å². The maximum Gasteiger partial charge on any atom is 0.255 e. The fourth-order valence-electron chi connectivity index (χ4n) is 2.72. The van der Waals surface area contributed by atoms with E-state index in [2.05, 4.69) is 10.6 Å².